The molecular weight excluding hydrogens is 448 g/mol. The molecule has 0 saturated heterocycles. The number of nitrogens with zero attached hydrogens (tertiary/aromatic N) is 3. The van der Waals surface area contributed by atoms with E-state index in [1.54, 1.807) is 0 Å². The van der Waals surface area contributed by atoms with Crippen molar-refractivity contribution in [3.63, 3.8) is 0 Å². The average molecular weight is 473 g/mol. The number of aromatic nitrogens is 2. The molecule has 0 atom stereocenters. The summed E-state index contributed by atoms with van der Waals surface area (Å²) in [6.45, 7) is 2.66. The molecule has 1 aliphatic rings. The Hall–Kier alpha value is -2.26. The van der Waals surface area contributed by atoms with E-state index in [0.717, 1.165) is 46.2 Å². The van der Waals surface area contributed by atoms with Crippen LogP contribution >= 0.6 is 15.9 Å². The quantitative estimate of drug-likeness (QED) is 0.484. The number of halogens is 1. The molecule has 0 spiro atoms. The topological polar surface area (TPSA) is 109 Å². The van der Waals surface area contributed by atoms with Crippen LogP contribution in [0.4, 0.5) is 5.69 Å². The molecule has 3 aromatic rings. The zero-order chi connectivity index (χ0) is 21.3. The molecule has 7 nitrogen and oxygen atoms in total. The van der Waals surface area contributed by atoms with Crippen LogP contribution in [0.5, 0.6) is 0 Å². The highest BCUT2D eigenvalue weighted by Crippen LogP contribution is 2.36. The van der Waals surface area contributed by atoms with Crippen LogP contribution < -0.4 is 10.6 Å². The van der Waals surface area contributed by atoms with E-state index in [1.165, 1.54) is 5.56 Å². The van der Waals surface area contributed by atoms with Crippen LogP contribution in [0.1, 0.15) is 18.1 Å². The standard InChI is InChI=1S/C22H25BrN4O3/c1-2-14-6-7-15(10-18(14)23)21-25-20(26-30-21)17-4-3-5-19-16(17)8-9-27(19)11-22(24,12-28)13-29/h3-7,10,28-29H,2,8-9,11-13,24H2,1H3. The molecule has 0 amide bonds. The predicted molar refractivity (Wildman–Crippen MR) is 119 cm³/mol. The van der Waals surface area contributed by atoms with Gasteiger partial charge in [-0.3, -0.25) is 0 Å². The number of fused-ring (bicyclic) bond motifs is 1. The van der Waals surface area contributed by atoms with Crippen LogP contribution in [-0.4, -0.2) is 52.2 Å². The van der Waals surface area contributed by atoms with Gasteiger partial charge in [-0.1, -0.05) is 46.2 Å². The van der Waals surface area contributed by atoms with Gasteiger partial charge in [0, 0.05) is 34.4 Å². The second kappa shape index (κ2) is 8.47. The summed E-state index contributed by atoms with van der Waals surface area (Å²) in [5.41, 5.74) is 10.2. The van der Waals surface area contributed by atoms with E-state index in [1.807, 2.05) is 30.3 Å². The van der Waals surface area contributed by atoms with E-state index in [-0.39, 0.29) is 13.2 Å². The summed E-state index contributed by atoms with van der Waals surface area (Å²) in [5, 5.41) is 23.3. The molecular formula is C22H25BrN4O3. The summed E-state index contributed by atoms with van der Waals surface area (Å²) in [6, 6.07) is 12.0. The highest BCUT2D eigenvalue weighted by Gasteiger charge is 2.31. The van der Waals surface area contributed by atoms with Crippen molar-refractivity contribution in [3.05, 3.63) is 52.0 Å². The van der Waals surface area contributed by atoms with Crippen molar-refractivity contribution in [2.75, 3.05) is 31.2 Å². The lowest BCUT2D eigenvalue weighted by Gasteiger charge is -2.31. The van der Waals surface area contributed by atoms with Gasteiger partial charge < -0.3 is 25.4 Å². The van der Waals surface area contributed by atoms with E-state index in [0.29, 0.717) is 18.3 Å². The van der Waals surface area contributed by atoms with Gasteiger partial charge in [0.1, 0.15) is 0 Å². The predicted octanol–water partition coefficient (Wildman–Crippen LogP) is 2.77. The summed E-state index contributed by atoms with van der Waals surface area (Å²) in [7, 11) is 0. The van der Waals surface area contributed by atoms with Crippen LogP contribution in [0.3, 0.4) is 0 Å². The van der Waals surface area contributed by atoms with Crippen LogP contribution in [0, 0.1) is 0 Å². The molecule has 1 aliphatic heterocycles. The zero-order valence-corrected chi connectivity index (χ0v) is 18.4. The van der Waals surface area contributed by atoms with E-state index in [9.17, 15) is 10.2 Å². The highest BCUT2D eigenvalue weighted by molar-refractivity contribution is 9.10. The molecule has 2 aromatic carbocycles. The fourth-order valence-electron chi connectivity index (χ4n) is 3.82. The molecule has 4 rings (SSSR count). The molecule has 0 unspecified atom stereocenters. The SMILES string of the molecule is CCc1ccc(-c2nc(-c3cccc4c3CCN4CC(N)(CO)CO)no2)cc1Br. The first-order chi connectivity index (χ1) is 14.5. The number of aliphatic hydroxyl groups excluding tert-OH is 2. The molecule has 0 saturated carbocycles. The second-order valence-electron chi connectivity index (χ2n) is 7.74. The van der Waals surface area contributed by atoms with Gasteiger partial charge in [-0.15, -0.1) is 0 Å². The Labute approximate surface area is 183 Å². The van der Waals surface area contributed by atoms with Gasteiger partial charge in [0.2, 0.25) is 5.82 Å². The molecule has 0 radical (unpaired) electrons. The summed E-state index contributed by atoms with van der Waals surface area (Å²) in [4.78, 5) is 6.73. The molecule has 0 aliphatic carbocycles. The molecule has 2 heterocycles. The average Bonchev–Trinajstić information content (AvgIpc) is 3.41. The maximum Gasteiger partial charge on any atom is 0.258 e. The Morgan fingerprint density at radius 3 is 2.73 bits per heavy atom. The first-order valence-corrected chi connectivity index (χ1v) is 10.8. The van der Waals surface area contributed by atoms with Gasteiger partial charge in [-0.2, -0.15) is 4.98 Å². The van der Waals surface area contributed by atoms with Gasteiger partial charge >= 0.3 is 0 Å². The molecule has 8 heteroatoms. The third-order valence-corrected chi connectivity index (χ3v) is 6.35. The van der Waals surface area contributed by atoms with E-state index in [4.69, 9.17) is 10.3 Å². The Morgan fingerprint density at radius 2 is 2.03 bits per heavy atom. The van der Waals surface area contributed by atoms with Gasteiger partial charge in [0.25, 0.3) is 5.89 Å². The third kappa shape index (κ3) is 3.88. The summed E-state index contributed by atoms with van der Waals surface area (Å²) >= 11 is 3.60. The van der Waals surface area contributed by atoms with Crippen LogP contribution in [-0.2, 0) is 12.8 Å². The fourth-order valence-corrected chi connectivity index (χ4v) is 4.48. The Balaban J connectivity index is 1.64. The van der Waals surface area contributed by atoms with Crippen LogP contribution in [0.2, 0.25) is 0 Å². The summed E-state index contributed by atoms with van der Waals surface area (Å²) in [5.74, 6) is 1.02. The van der Waals surface area contributed by atoms with Crippen molar-refractivity contribution in [2.45, 2.75) is 25.3 Å². The number of rotatable bonds is 7. The normalized spacial score (nSPS) is 13.7. The van der Waals surface area contributed by atoms with Crippen LogP contribution in [0.25, 0.3) is 22.8 Å². The van der Waals surface area contributed by atoms with Crippen molar-refractivity contribution in [1.82, 2.24) is 10.1 Å². The van der Waals surface area contributed by atoms with Crippen molar-refractivity contribution in [3.8, 4) is 22.8 Å². The van der Waals surface area contributed by atoms with Gasteiger partial charge in [-0.05, 0) is 42.2 Å². The Bertz CT molecular complexity index is 1050. The van der Waals surface area contributed by atoms with Crippen molar-refractivity contribution in [2.24, 2.45) is 5.73 Å². The second-order valence-corrected chi connectivity index (χ2v) is 8.59. The number of hydrogen-bond acceptors (Lipinski definition) is 7. The molecule has 30 heavy (non-hydrogen) atoms. The van der Waals surface area contributed by atoms with Gasteiger partial charge in [-0.25, -0.2) is 0 Å². The lowest BCUT2D eigenvalue weighted by molar-refractivity contribution is 0.125. The molecule has 0 bridgehead atoms. The van der Waals surface area contributed by atoms with Gasteiger partial charge in [0.15, 0.2) is 0 Å². The lowest BCUT2D eigenvalue weighted by Crippen LogP contribution is -2.55. The van der Waals surface area contributed by atoms with Crippen molar-refractivity contribution in [1.29, 1.82) is 0 Å². The minimum atomic E-state index is -1.05. The molecule has 0 fully saturated rings. The molecule has 1 aromatic heterocycles. The summed E-state index contributed by atoms with van der Waals surface area (Å²) in [6.07, 6.45) is 1.75. The number of hydrogen-bond donors (Lipinski definition) is 3. The first kappa shape index (κ1) is 21.0. The maximum absolute atomic E-state index is 9.54. The number of nitrogens with two attached hydrogens (primary N) is 1. The Kier molecular flexibility index (Phi) is 5.92. The number of anilines is 1. The molecule has 158 valence electrons. The zero-order valence-electron chi connectivity index (χ0n) is 16.8. The smallest absolute Gasteiger partial charge is 0.258 e. The molecule has 4 N–H and O–H groups in total. The summed E-state index contributed by atoms with van der Waals surface area (Å²) < 4.78 is 6.58. The fraction of sp³-hybridized carbons (Fsp3) is 0.364. The van der Waals surface area contributed by atoms with Crippen molar-refractivity contribution >= 4 is 21.6 Å². The largest absolute Gasteiger partial charge is 0.394 e. The van der Waals surface area contributed by atoms with E-state index >= 15 is 0 Å². The number of benzene rings is 2. The van der Waals surface area contributed by atoms with Crippen LogP contribution in [0.15, 0.2) is 45.4 Å². The monoisotopic (exact) mass is 472 g/mol. The minimum Gasteiger partial charge on any atom is -0.394 e. The number of aliphatic hydroxyl groups is 2. The minimum absolute atomic E-state index is 0.282. The third-order valence-electron chi connectivity index (χ3n) is 5.61. The first-order valence-electron chi connectivity index (χ1n) is 9.98. The van der Waals surface area contributed by atoms with E-state index in [2.05, 4.69) is 44.0 Å². The maximum atomic E-state index is 9.54. The van der Waals surface area contributed by atoms with Gasteiger partial charge in [0.05, 0.1) is 18.8 Å². The van der Waals surface area contributed by atoms with Crippen molar-refractivity contribution < 1.29 is 14.7 Å². The highest BCUT2D eigenvalue weighted by atomic mass is 79.9. The van der Waals surface area contributed by atoms with E-state index < -0.39 is 5.54 Å². The number of aryl methyl sites for hydroxylation is 1. The lowest BCUT2D eigenvalue weighted by atomic mass is 10.0. The Morgan fingerprint density at radius 1 is 1.23 bits per heavy atom.